The van der Waals surface area contributed by atoms with Crippen LogP contribution in [0.25, 0.3) is 21.9 Å². The van der Waals surface area contributed by atoms with Gasteiger partial charge >= 0.3 is 0 Å². The molecule has 5 rings (SSSR count). The Morgan fingerprint density at radius 2 is 2.13 bits per heavy atom. The fraction of sp³-hybridized carbons (Fsp3) is 0.409. The van der Waals surface area contributed by atoms with Gasteiger partial charge in [-0.2, -0.15) is 5.10 Å². The van der Waals surface area contributed by atoms with E-state index in [-0.39, 0.29) is 18.6 Å². The first-order valence-corrected chi connectivity index (χ1v) is 10.3. The van der Waals surface area contributed by atoms with E-state index in [0.29, 0.717) is 11.5 Å². The summed E-state index contributed by atoms with van der Waals surface area (Å²) >= 11 is 0. The first kappa shape index (κ1) is 19.0. The fourth-order valence-electron chi connectivity index (χ4n) is 4.08. The number of pyridine rings is 1. The number of rotatable bonds is 4. The van der Waals surface area contributed by atoms with Crippen molar-refractivity contribution in [3.8, 4) is 11.1 Å². The van der Waals surface area contributed by atoms with Gasteiger partial charge in [-0.05, 0) is 61.8 Å². The maximum Gasteiger partial charge on any atom is 0.231 e. The molecule has 1 aromatic carbocycles. The summed E-state index contributed by atoms with van der Waals surface area (Å²) in [4.78, 5) is 16.3. The van der Waals surface area contributed by atoms with Crippen molar-refractivity contribution in [3.05, 3.63) is 36.3 Å². The van der Waals surface area contributed by atoms with E-state index < -0.39 is 12.1 Å². The highest BCUT2D eigenvalue weighted by atomic mass is 19.1. The molecule has 3 aromatic rings. The largest absolute Gasteiger partial charge is 0.398 e. The van der Waals surface area contributed by atoms with Crippen molar-refractivity contribution in [1.82, 2.24) is 14.8 Å². The molecule has 3 N–H and O–H groups in total. The first-order chi connectivity index (χ1) is 14.5. The summed E-state index contributed by atoms with van der Waals surface area (Å²) in [5.41, 5.74) is 9.83. The molecule has 1 aliphatic carbocycles. The van der Waals surface area contributed by atoms with E-state index in [1.54, 1.807) is 12.3 Å². The zero-order valence-electron chi connectivity index (χ0n) is 16.8. The summed E-state index contributed by atoms with van der Waals surface area (Å²) in [6, 6.07) is 5.69. The molecular weight excluding hydrogens is 385 g/mol. The Balaban J connectivity index is 1.47. The van der Waals surface area contributed by atoms with Gasteiger partial charge in [0.15, 0.2) is 0 Å². The van der Waals surface area contributed by atoms with Gasteiger partial charge in [0.05, 0.1) is 12.1 Å². The minimum absolute atomic E-state index is 0.0296. The third kappa shape index (κ3) is 3.41. The maximum atomic E-state index is 13.1. The summed E-state index contributed by atoms with van der Waals surface area (Å²) < 4.78 is 20.9. The highest BCUT2D eigenvalue weighted by molar-refractivity contribution is 6.00. The summed E-state index contributed by atoms with van der Waals surface area (Å²) in [6.07, 6.45) is 5.86. The number of carbonyl (C=O) groups is 1. The van der Waals surface area contributed by atoms with Crippen molar-refractivity contribution < 1.29 is 13.9 Å². The molecule has 2 aromatic heterocycles. The molecule has 3 atom stereocenters. The number of nitrogens with two attached hydrogens (primary N) is 1. The topological polar surface area (TPSA) is 95.1 Å². The predicted molar refractivity (Wildman–Crippen MR) is 113 cm³/mol. The summed E-state index contributed by atoms with van der Waals surface area (Å²) in [5.74, 6) is -0.497. The van der Waals surface area contributed by atoms with Crippen LogP contribution in [0.1, 0.15) is 37.6 Å². The van der Waals surface area contributed by atoms with Gasteiger partial charge in [-0.15, -0.1) is 0 Å². The second-order valence-electron chi connectivity index (χ2n) is 8.11. The number of aromatic nitrogens is 3. The Labute approximate surface area is 173 Å². The molecule has 2 aliphatic rings. The molecule has 3 unspecified atom stereocenters. The number of nitrogen functional groups attached to an aromatic ring is 1. The molecule has 156 valence electrons. The van der Waals surface area contributed by atoms with Gasteiger partial charge in [0, 0.05) is 35.1 Å². The lowest BCUT2D eigenvalue weighted by Crippen LogP contribution is -2.20. The number of anilines is 2. The van der Waals surface area contributed by atoms with Crippen LogP contribution in [0.3, 0.4) is 0 Å². The predicted octanol–water partition coefficient (Wildman–Crippen LogP) is 3.98. The molecule has 3 heterocycles. The molecule has 1 aliphatic heterocycles. The molecule has 30 heavy (non-hydrogen) atoms. The third-order valence-corrected chi connectivity index (χ3v) is 5.95. The van der Waals surface area contributed by atoms with Crippen LogP contribution < -0.4 is 11.1 Å². The maximum absolute atomic E-state index is 13.1. The number of nitrogens with zero attached hydrogens (tertiary/aromatic N) is 3. The molecule has 0 radical (unpaired) electrons. The second kappa shape index (κ2) is 7.36. The number of carbonyl (C=O) groups excluding carboxylic acids is 1. The molecule has 1 saturated heterocycles. The number of fused-ring (bicyclic) bond motifs is 1. The second-order valence-corrected chi connectivity index (χ2v) is 8.11. The van der Waals surface area contributed by atoms with Crippen LogP contribution in [0.5, 0.6) is 0 Å². The summed E-state index contributed by atoms with van der Waals surface area (Å²) in [5, 5.41) is 8.91. The van der Waals surface area contributed by atoms with E-state index in [1.807, 2.05) is 29.9 Å². The Bertz CT molecular complexity index is 1120. The van der Waals surface area contributed by atoms with Gasteiger partial charge in [-0.25, -0.2) is 14.1 Å². The van der Waals surface area contributed by atoms with E-state index in [4.69, 9.17) is 10.5 Å². The van der Waals surface area contributed by atoms with Gasteiger partial charge in [-0.3, -0.25) is 4.79 Å². The quantitative estimate of drug-likeness (QED) is 0.636. The molecule has 8 heteroatoms. The molecule has 0 bridgehead atoms. The Kier molecular flexibility index (Phi) is 4.66. The van der Waals surface area contributed by atoms with Crippen LogP contribution in [0, 0.1) is 12.8 Å². The number of halogens is 1. The van der Waals surface area contributed by atoms with Crippen molar-refractivity contribution >= 4 is 28.2 Å². The van der Waals surface area contributed by atoms with E-state index >= 15 is 0 Å². The van der Waals surface area contributed by atoms with Gasteiger partial charge in [0.1, 0.15) is 18.2 Å². The Morgan fingerprint density at radius 3 is 2.87 bits per heavy atom. The van der Waals surface area contributed by atoms with Crippen molar-refractivity contribution in [2.45, 2.75) is 45.0 Å². The molecule has 1 amide bonds. The highest BCUT2D eigenvalue weighted by Gasteiger charge is 2.43. The van der Waals surface area contributed by atoms with Crippen LogP contribution in [-0.4, -0.2) is 33.5 Å². The number of nitrogens with one attached hydrogen (secondary N) is 1. The SMILES string of the molecule is Cc1c(-c2cc(N)c3cnc(NC(=O)C4CC4F)cc3c2)cnn1C1CCCCO1. The van der Waals surface area contributed by atoms with E-state index in [0.717, 1.165) is 53.5 Å². The van der Waals surface area contributed by atoms with Gasteiger partial charge in [0.25, 0.3) is 0 Å². The molecule has 2 fully saturated rings. The number of amides is 1. The zero-order valence-corrected chi connectivity index (χ0v) is 16.8. The van der Waals surface area contributed by atoms with Crippen LogP contribution in [-0.2, 0) is 9.53 Å². The van der Waals surface area contributed by atoms with E-state index in [9.17, 15) is 9.18 Å². The van der Waals surface area contributed by atoms with Crippen molar-refractivity contribution in [2.24, 2.45) is 5.92 Å². The van der Waals surface area contributed by atoms with Crippen LogP contribution in [0.15, 0.2) is 30.6 Å². The monoisotopic (exact) mass is 409 g/mol. The van der Waals surface area contributed by atoms with Gasteiger partial charge in [-0.1, -0.05) is 0 Å². The smallest absolute Gasteiger partial charge is 0.231 e. The zero-order chi connectivity index (χ0) is 20.8. The molecular formula is C22H24FN5O2. The molecule has 1 saturated carbocycles. The Hall–Kier alpha value is -3.00. The normalized spacial score (nSPS) is 23.5. The minimum Gasteiger partial charge on any atom is -0.398 e. The van der Waals surface area contributed by atoms with Gasteiger partial charge in [0.2, 0.25) is 5.91 Å². The first-order valence-electron chi connectivity index (χ1n) is 10.3. The van der Waals surface area contributed by atoms with E-state index in [1.165, 1.54) is 0 Å². The molecule has 7 nitrogen and oxygen atoms in total. The Morgan fingerprint density at radius 1 is 1.30 bits per heavy atom. The number of benzene rings is 1. The number of alkyl halides is 1. The van der Waals surface area contributed by atoms with Crippen LogP contribution >= 0.6 is 0 Å². The van der Waals surface area contributed by atoms with Crippen molar-refractivity contribution in [1.29, 1.82) is 0 Å². The number of hydrogen-bond acceptors (Lipinski definition) is 5. The van der Waals surface area contributed by atoms with E-state index in [2.05, 4.69) is 15.4 Å². The highest BCUT2D eigenvalue weighted by Crippen LogP contribution is 2.36. The molecule has 0 spiro atoms. The van der Waals surface area contributed by atoms with Crippen LogP contribution in [0.2, 0.25) is 0 Å². The third-order valence-electron chi connectivity index (χ3n) is 5.95. The fourth-order valence-corrected chi connectivity index (χ4v) is 4.08. The lowest BCUT2D eigenvalue weighted by molar-refractivity contribution is -0.117. The van der Waals surface area contributed by atoms with Gasteiger partial charge < -0.3 is 15.8 Å². The number of ether oxygens (including phenoxy) is 1. The van der Waals surface area contributed by atoms with Crippen molar-refractivity contribution in [3.63, 3.8) is 0 Å². The van der Waals surface area contributed by atoms with Crippen LogP contribution in [0.4, 0.5) is 15.9 Å². The number of hydrogen-bond donors (Lipinski definition) is 2. The summed E-state index contributed by atoms with van der Waals surface area (Å²) in [6.45, 7) is 2.79. The average molecular weight is 409 g/mol. The minimum atomic E-state index is -1.04. The van der Waals surface area contributed by atoms with Crippen molar-refractivity contribution in [2.75, 3.05) is 17.7 Å². The summed E-state index contributed by atoms with van der Waals surface area (Å²) in [7, 11) is 0. The lowest BCUT2D eigenvalue weighted by Gasteiger charge is -2.24. The lowest BCUT2D eigenvalue weighted by atomic mass is 10.0. The standard InChI is InChI=1S/C22H24FN5O2/c1-12-16(11-26-28(12)21-4-2-3-5-30-21)13-6-14-8-20(25-10-17(14)19(24)7-13)27-22(29)15-9-18(15)23/h6-8,10-11,15,18,21H,2-5,9,24H2,1H3,(H,25,27,29). The average Bonchev–Trinajstić information content (AvgIpc) is 3.35.